The molecule has 0 aromatic heterocycles. The zero-order valence-electron chi connectivity index (χ0n) is 16.5. The number of amides is 2. The Morgan fingerprint density at radius 1 is 1.03 bits per heavy atom. The molecule has 0 spiro atoms. The molecule has 2 heterocycles. The Hall–Kier alpha value is -2.89. The van der Waals surface area contributed by atoms with E-state index in [1.807, 2.05) is 17.0 Å². The van der Waals surface area contributed by atoms with Crippen LogP contribution in [0.15, 0.2) is 48.5 Å². The van der Waals surface area contributed by atoms with Crippen molar-refractivity contribution in [3.8, 4) is 5.75 Å². The Balaban J connectivity index is 1.75. The van der Waals surface area contributed by atoms with Crippen LogP contribution < -0.4 is 9.64 Å². The number of ether oxygens (including phenoxy) is 1. The van der Waals surface area contributed by atoms with Crippen molar-refractivity contribution < 1.29 is 18.7 Å². The van der Waals surface area contributed by atoms with E-state index in [0.29, 0.717) is 24.3 Å². The van der Waals surface area contributed by atoms with Gasteiger partial charge in [0.25, 0.3) is 0 Å². The van der Waals surface area contributed by atoms with Crippen LogP contribution in [0.3, 0.4) is 0 Å². The summed E-state index contributed by atoms with van der Waals surface area (Å²) in [7, 11) is 1.59. The van der Waals surface area contributed by atoms with Crippen molar-refractivity contribution in [1.82, 2.24) is 4.90 Å². The van der Waals surface area contributed by atoms with Gasteiger partial charge in [-0.15, -0.1) is 0 Å². The van der Waals surface area contributed by atoms with Crippen LogP contribution in [0.5, 0.6) is 5.75 Å². The molecule has 0 aliphatic carbocycles. The third-order valence-corrected chi connectivity index (χ3v) is 5.89. The van der Waals surface area contributed by atoms with Crippen molar-refractivity contribution in [3.63, 3.8) is 0 Å². The largest absolute Gasteiger partial charge is 0.497 e. The molecular weight excluding hydrogens is 371 g/mol. The molecule has 0 bridgehead atoms. The van der Waals surface area contributed by atoms with Crippen LogP contribution >= 0.6 is 0 Å². The topological polar surface area (TPSA) is 49.9 Å². The summed E-state index contributed by atoms with van der Waals surface area (Å²) in [6.45, 7) is 1.53. The van der Waals surface area contributed by atoms with Crippen LogP contribution in [0.1, 0.15) is 37.3 Å². The molecular formula is C23H25FN2O3. The van der Waals surface area contributed by atoms with E-state index in [-0.39, 0.29) is 23.5 Å². The number of methoxy groups -OCH3 is 1. The molecule has 0 radical (unpaired) electrons. The number of piperidine rings is 1. The molecule has 2 aromatic rings. The SMILES string of the molecule is COc1ccc(N2C(=O)CCC(C(=O)N3CCCC3)C2c2ccc(F)cc2)cc1. The lowest BCUT2D eigenvalue weighted by atomic mass is 9.82. The molecule has 2 amide bonds. The highest BCUT2D eigenvalue weighted by Gasteiger charge is 2.43. The molecule has 0 saturated carbocycles. The fourth-order valence-corrected chi connectivity index (χ4v) is 4.41. The normalized spacial score (nSPS) is 22.1. The summed E-state index contributed by atoms with van der Waals surface area (Å²) in [5.41, 5.74) is 1.48. The van der Waals surface area contributed by atoms with Gasteiger partial charge in [0, 0.05) is 25.2 Å². The molecule has 2 fully saturated rings. The first-order valence-corrected chi connectivity index (χ1v) is 10.1. The Labute approximate surface area is 170 Å². The highest BCUT2D eigenvalue weighted by molar-refractivity contribution is 5.97. The molecule has 2 atom stereocenters. The van der Waals surface area contributed by atoms with Crippen LogP contribution in [0, 0.1) is 11.7 Å². The zero-order valence-corrected chi connectivity index (χ0v) is 16.5. The van der Waals surface area contributed by atoms with Crippen molar-refractivity contribution in [2.24, 2.45) is 5.92 Å². The average molecular weight is 396 g/mol. The summed E-state index contributed by atoms with van der Waals surface area (Å²) in [4.78, 5) is 29.9. The fraction of sp³-hybridized carbons (Fsp3) is 0.391. The second kappa shape index (κ2) is 8.23. The number of likely N-dealkylation sites (tertiary alicyclic amines) is 1. The number of carbonyl (C=O) groups is 2. The number of carbonyl (C=O) groups excluding carboxylic acids is 2. The third kappa shape index (κ3) is 3.84. The Morgan fingerprint density at radius 3 is 2.31 bits per heavy atom. The van der Waals surface area contributed by atoms with Crippen LogP contribution in [-0.2, 0) is 9.59 Å². The lowest BCUT2D eigenvalue weighted by Crippen LogP contribution is -2.48. The Kier molecular flexibility index (Phi) is 5.51. The second-order valence-electron chi connectivity index (χ2n) is 7.64. The minimum Gasteiger partial charge on any atom is -0.497 e. The van der Waals surface area contributed by atoms with Gasteiger partial charge in [-0.05, 0) is 61.2 Å². The van der Waals surface area contributed by atoms with E-state index in [2.05, 4.69) is 0 Å². The predicted octanol–water partition coefficient (Wildman–Crippen LogP) is 3.94. The summed E-state index contributed by atoms with van der Waals surface area (Å²) in [5, 5.41) is 0. The van der Waals surface area contributed by atoms with E-state index < -0.39 is 6.04 Å². The van der Waals surface area contributed by atoms with Gasteiger partial charge < -0.3 is 14.5 Å². The summed E-state index contributed by atoms with van der Waals surface area (Å²) in [5.74, 6) is 0.0618. The van der Waals surface area contributed by atoms with Crippen molar-refractivity contribution >= 4 is 17.5 Å². The molecule has 2 aliphatic rings. The Bertz CT molecular complexity index is 876. The quantitative estimate of drug-likeness (QED) is 0.787. The smallest absolute Gasteiger partial charge is 0.228 e. The molecule has 0 N–H and O–H groups in total. The molecule has 29 heavy (non-hydrogen) atoms. The maximum absolute atomic E-state index is 13.6. The van der Waals surface area contributed by atoms with E-state index in [1.165, 1.54) is 12.1 Å². The summed E-state index contributed by atoms with van der Waals surface area (Å²) in [6.07, 6.45) is 2.85. The minimum absolute atomic E-state index is 0.0324. The average Bonchev–Trinajstić information content (AvgIpc) is 3.29. The van der Waals surface area contributed by atoms with Gasteiger partial charge in [-0.2, -0.15) is 0 Å². The number of hydrogen-bond donors (Lipinski definition) is 0. The number of halogens is 1. The third-order valence-electron chi connectivity index (χ3n) is 5.89. The van der Waals surface area contributed by atoms with Crippen molar-refractivity contribution in [1.29, 1.82) is 0 Å². The summed E-state index contributed by atoms with van der Waals surface area (Å²) < 4.78 is 18.8. The van der Waals surface area contributed by atoms with Gasteiger partial charge in [0.2, 0.25) is 11.8 Å². The van der Waals surface area contributed by atoms with Crippen LogP contribution in [0.25, 0.3) is 0 Å². The van der Waals surface area contributed by atoms with Crippen LogP contribution in [0.4, 0.5) is 10.1 Å². The molecule has 152 valence electrons. The maximum Gasteiger partial charge on any atom is 0.228 e. The van der Waals surface area contributed by atoms with Gasteiger partial charge in [0.05, 0.1) is 19.1 Å². The van der Waals surface area contributed by atoms with E-state index in [1.54, 1.807) is 36.3 Å². The van der Waals surface area contributed by atoms with Gasteiger partial charge in [0.1, 0.15) is 11.6 Å². The highest BCUT2D eigenvalue weighted by Crippen LogP contribution is 2.41. The zero-order chi connectivity index (χ0) is 20.4. The molecule has 2 unspecified atom stereocenters. The first-order chi connectivity index (χ1) is 14.1. The number of rotatable bonds is 4. The van der Waals surface area contributed by atoms with Gasteiger partial charge >= 0.3 is 0 Å². The van der Waals surface area contributed by atoms with E-state index in [4.69, 9.17) is 4.74 Å². The lowest BCUT2D eigenvalue weighted by Gasteiger charge is -2.42. The van der Waals surface area contributed by atoms with Crippen molar-refractivity contribution in [3.05, 3.63) is 59.9 Å². The van der Waals surface area contributed by atoms with Gasteiger partial charge in [-0.25, -0.2) is 4.39 Å². The van der Waals surface area contributed by atoms with Crippen LogP contribution in [0.2, 0.25) is 0 Å². The molecule has 2 saturated heterocycles. The molecule has 2 aromatic carbocycles. The standard InChI is InChI=1S/C23H25FN2O3/c1-29-19-10-8-18(9-11-19)26-21(27)13-12-20(23(28)25-14-2-3-15-25)22(26)16-4-6-17(24)7-5-16/h4-11,20,22H,2-3,12-15H2,1H3. The van der Waals surface area contributed by atoms with Crippen molar-refractivity contribution in [2.45, 2.75) is 31.7 Å². The molecule has 2 aliphatic heterocycles. The number of hydrogen-bond acceptors (Lipinski definition) is 3. The molecule has 4 rings (SSSR count). The minimum atomic E-state index is -0.460. The van der Waals surface area contributed by atoms with Crippen molar-refractivity contribution in [2.75, 3.05) is 25.1 Å². The van der Waals surface area contributed by atoms with E-state index in [0.717, 1.165) is 31.5 Å². The summed E-state index contributed by atoms with van der Waals surface area (Å²) >= 11 is 0. The lowest BCUT2D eigenvalue weighted by molar-refractivity contribution is -0.137. The molecule has 6 heteroatoms. The number of nitrogens with zero attached hydrogens (tertiary/aromatic N) is 2. The monoisotopic (exact) mass is 396 g/mol. The van der Waals surface area contributed by atoms with E-state index >= 15 is 0 Å². The number of anilines is 1. The van der Waals surface area contributed by atoms with Gasteiger partial charge in [0.15, 0.2) is 0 Å². The maximum atomic E-state index is 13.6. The first kappa shape index (κ1) is 19.4. The van der Waals surface area contributed by atoms with Gasteiger partial charge in [-0.3, -0.25) is 9.59 Å². The Morgan fingerprint density at radius 2 is 1.69 bits per heavy atom. The van der Waals surface area contributed by atoms with Crippen LogP contribution in [-0.4, -0.2) is 36.9 Å². The predicted molar refractivity (Wildman–Crippen MR) is 108 cm³/mol. The first-order valence-electron chi connectivity index (χ1n) is 10.1. The van der Waals surface area contributed by atoms with E-state index in [9.17, 15) is 14.0 Å². The van der Waals surface area contributed by atoms with Gasteiger partial charge in [-0.1, -0.05) is 12.1 Å². The molecule has 5 nitrogen and oxygen atoms in total. The fourth-order valence-electron chi connectivity index (χ4n) is 4.41. The number of benzene rings is 2. The highest BCUT2D eigenvalue weighted by atomic mass is 19.1. The second-order valence-corrected chi connectivity index (χ2v) is 7.64. The summed E-state index contributed by atoms with van der Waals surface area (Å²) in [6, 6.07) is 12.9.